The van der Waals surface area contributed by atoms with Gasteiger partial charge in [0.25, 0.3) is 11.8 Å². The minimum absolute atomic E-state index is 0.0177. The summed E-state index contributed by atoms with van der Waals surface area (Å²) in [5.41, 5.74) is 0.643. The van der Waals surface area contributed by atoms with E-state index in [0.717, 1.165) is 26.2 Å². The van der Waals surface area contributed by atoms with Crippen LogP contribution < -0.4 is 4.90 Å². The standard InChI is InChI=1S/C23H29N3O8/c1-15(27)34-20(23(31)32)19-22(30)26(11-12-33-19)17-8-6-7-16(13-17)21(29)24(2)14-18(28)25-9-4-3-5-10-25/h6-8,13,19-20H,3-5,9-12,14H2,1-2H3,(H,31,32). The maximum absolute atomic E-state index is 13.0. The number of piperidine rings is 1. The lowest BCUT2D eigenvalue weighted by atomic mass is 10.1. The molecule has 11 nitrogen and oxygen atoms in total. The molecule has 2 heterocycles. The number of carboxylic acid groups (broad SMARTS) is 1. The first-order chi connectivity index (χ1) is 16.2. The van der Waals surface area contributed by atoms with Crippen molar-refractivity contribution in [2.24, 2.45) is 0 Å². The predicted molar refractivity (Wildman–Crippen MR) is 119 cm³/mol. The average Bonchev–Trinajstić information content (AvgIpc) is 2.82. The lowest BCUT2D eigenvalue weighted by Gasteiger charge is -2.34. The molecule has 1 N–H and O–H groups in total. The zero-order chi connectivity index (χ0) is 24.8. The molecule has 2 aliphatic rings. The predicted octanol–water partition coefficient (Wildman–Crippen LogP) is 0.519. The van der Waals surface area contributed by atoms with E-state index in [0.29, 0.717) is 18.8 Å². The molecule has 34 heavy (non-hydrogen) atoms. The van der Waals surface area contributed by atoms with Crippen LogP contribution in [0.5, 0.6) is 0 Å². The first kappa shape index (κ1) is 25.2. The molecule has 0 bridgehead atoms. The van der Waals surface area contributed by atoms with Crippen LogP contribution in [0.15, 0.2) is 24.3 Å². The Balaban J connectivity index is 1.72. The molecule has 3 amide bonds. The Labute approximate surface area is 197 Å². The number of nitrogens with zero attached hydrogens (tertiary/aromatic N) is 3. The van der Waals surface area contributed by atoms with Gasteiger partial charge in [0.05, 0.1) is 13.2 Å². The van der Waals surface area contributed by atoms with E-state index in [1.54, 1.807) is 30.1 Å². The second kappa shape index (κ2) is 11.1. The number of ether oxygens (including phenoxy) is 2. The van der Waals surface area contributed by atoms with Gasteiger partial charge in [-0.25, -0.2) is 4.79 Å². The van der Waals surface area contributed by atoms with E-state index in [9.17, 15) is 29.1 Å². The summed E-state index contributed by atoms with van der Waals surface area (Å²) in [6, 6.07) is 6.29. The van der Waals surface area contributed by atoms with Gasteiger partial charge in [-0.2, -0.15) is 0 Å². The third-order valence-corrected chi connectivity index (χ3v) is 5.77. The number of carbonyl (C=O) groups excluding carboxylic acids is 4. The Morgan fingerprint density at radius 3 is 2.53 bits per heavy atom. The van der Waals surface area contributed by atoms with Crippen molar-refractivity contribution in [3.8, 4) is 0 Å². The van der Waals surface area contributed by atoms with Gasteiger partial charge in [0, 0.05) is 44.9 Å². The number of aliphatic carboxylic acids is 1. The largest absolute Gasteiger partial charge is 0.478 e. The monoisotopic (exact) mass is 475 g/mol. The summed E-state index contributed by atoms with van der Waals surface area (Å²) in [6.07, 6.45) is -0.287. The van der Waals surface area contributed by atoms with Crippen molar-refractivity contribution in [3.05, 3.63) is 29.8 Å². The van der Waals surface area contributed by atoms with E-state index in [1.165, 1.54) is 15.9 Å². The van der Waals surface area contributed by atoms with Crippen LogP contribution in [-0.4, -0.2) is 96.6 Å². The molecule has 2 aliphatic heterocycles. The lowest BCUT2D eigenvalue weighted by molar-refractivity contribution is -0.177. The number of likely N-dealkylation sites (N-methyl/N-ethyl adjacent to an activating group) is 1. The topological polar surface area (TPSA) is 134 Å². The summed E-state index contributed by atoms with van der Waals surface area (Å²) in [6.45, 7) is 2.53. The van der Waals surface area contributed by atoms with Crippen molar-refractivity contribution in [2.75, 3.05) is 44.7 Å². The summed E-state index contributed by atoms with van der Waals surface area (Å²) in [5.74, 6) is -3.54. The molecule has 11 heteroatoms. The number of amides is 3. The zero-order valence-electron chi connectivity index (χ0n) is 19.3. The summed E-state index contributed by atoms with van der Waals surface area (Å²) >= 11 is 0. The molecular formula is C23H29N3O8. The van der Waals surface area contributed by atoms with E-state index in [-0.39, 0.29) is 37.1 Å². The van der Waals surface area contributed by atoms with Crippen LogP contribution in [0.4, 0.5) is 5.69 Å². The van der Waals surface area contributed by atoms with Crippen LogP contribution >= 0.6 is 0 Å². The Hall–Kier alpha value is -3.47. The number of anilines is 1. The summed E-state index contributed by atoms with van der Waals surface area (Å²) in [7, 11) is 1.54. The van der Waals surface area contributed by atoms with Crippen LogP contribution in [0.1, 0.15) is 36.5 Å². The highest BCUT2D eigenvalue weighted by Gasteiger charge is 2.42. The molecule has 2 saturated heterocycles. The second-order valence-corrected chi connectivity index (χ2v) is 8.30. The Kier molecular flexibility index (Phi) is 8.21. The van der Waals surface area contributed by atoms with Crippen LogP contribution in [0.25, 0.3) is 0 Å². The fraction of sp³-hybridized carbons (Fsp3) is 0.522. The minimum Gasteiger partial charge on any atom is -0.478 e. The molecule has 3 rings (SSSR count). The number of likely N-dealkylation sites (tertiary alicyclic amines) is 1. The van der Waals surface area contributed by atoms with Crippen LogP contribution in [0, 0.1) is 0 Å². The first-order valence-corrected chi connectivity index (χ1v) is 11.2. The van der Waals surface area contributed by atoms with E-state index in [2.05, 4.69) is 0 Å². The first-order valence-electron chi connectivity index (χ1n) is 11.2. The SMILES string of the molecule is CC(=O)OC(C(=O)O)C1OCCN(c2cccc(C(=O)N(C)CC(=O)N3CCCCC3)c2)C1=O. The van der Waals surface area contributed by atoms with E-state index >= 15 is 0 Å². The van der Waals surface area contributed by atoms with Gasteiger partial charge in [-0.3, -0.25) is 19.2 Å². The fourth-order valence-electron chi connectivity index (χ4n) is 4.04. The highest BCUT2D eigenvalue weighted by atomic mass is 16.6. The molecular weight excluding hydrogens is 446 g/mol. The Morgan fingerprint density at radius 1 is 1.18 bits per heavy atom. The van der Waals surface area contributed by atoms with E-state index in [1.807, 2.05) is 0 Å². The molecule has 2 unspecified atom stereocenters. The average molecular weight is 475 g/mol. The number of morpholine rings is 1. The van der Waals surface area contributed by atoms with Crippen molar-refractivity contribution >= 4 is 35.3 Å². The molecule has 0 spiro atoms. The van der Waals surface area contributed by atoms with Crippen molar-refractivity contribution in [1.82, 2.24) is 9.80 Å². The molecule has 0 aromatic heterocycles. The maximum Gasteiger partial charge on any atom is 0.348 e. The van der Waals surface area contributed by atoms with Gasteiger partial charge in [0.1, 0.15) is 0 Å². The second-order valence-electron chi connectivity index (χ2n) is 8.30. The number of benzene rings is 1. The van der Waals surface area contributed by atoms with Crippen molar-refractivity contribution < 1.29 is 38.6 Å². The van der Waals surface area contributed by atoms with Gasteiger partial charge in [-0.05, 0) is 37.5 Å². The quantitative estimate of drug-likeness (QED) is 0.564. The number of rotatable bonds is 7. The smallest absolute Gasteiger partial charge is 0.348 e. The lowest BCUT2D eigenvalue weighted by Crippen LogP contribution is -2.55. The molecule has 1 aromatic carbocycles. The van der Waals surface area contributed by atoms with E-state index < -0.39 is 30.1 Å². The van der Waals surface area contributed by atoms with E-state index in [4.69, 9.17) is 9.47 Å². The van der Waals surface area contributed by atoms with Crippen LogP contribution in [0.3, 0.4) is 0 Å². The minimum atomic E-state index is -1.79. The molecule has 0 radical (unpaired) electrons. The molecule has 2 atom stereocenters. The number of carbonyl (C=O) groups is 5. The normalized spacial score (nSPS) is 19.4. The molecule has 2 fully saturated rings. The highest BCUT2D eigenvalue weighted by molar-refractivity contribution is 6.02. The highest BCUT2D eigenvalue weighted by Crippen LogP contribution is 2.23. The number of esters is 1. The third-order valence-electron chi connectivity index (χ3n) is 5.77. The van der Waals surface area contributed by atoms with Crippen LogP contribution in [-0.2, 0) is 28.7 Å². The van der Waals surface area contributed by atoms with Crippen molar-refractivity contribution in [3.63, 3.8) is 0 Å². The summed E-state index contributed by atoms with van der Waals surface area (Å²) in [5, 5.41) is 9.38. The van der Waals surface area contributed by atoms with Gasteiger partial charge in [0.2, 0.25) is 12.0 Å². The van der Waals surface area contributed by atoms with Gasteiger partial charge < -0.3 is 29.3 Å². The number of hydrogen-bond acceptors (Lipinski definition) is 7. The van der Waals surface area contributed by atoms with Gasteiger partial charge in [-0.15, -0.1) is 0 Å². The molecule has 0 aliphatic carbocycles. The zero-order valence-corrected chi connectivity index (χ0v) is 19.3. The number of carboxylic acids is 1. The van der Waals surface area contributed by atoms with Gasteiger partial charge in [0.15, 0.2) is 6.10 Å². The Morgan fingerprint density at radius 2 is 1.88 bits per heavy atom. The van der Waals surface area contributed by atoms with Crippen LogP contribution in [0.2, 0.25) is 0 Å². The number of hydrogen-bond donors (Lipinski definition) is 1. The fourth-order valence-corrected chi connectivity index (χ4v) is 4.04. The van der Waals surface area contributed by atoms with Crippen molar-refractivity contribution in [1.29, 1.82) is 0 Å². The van der Waals surface area contributed by atoms with Gasteiger partial charge >= 0.3 is 11.9 Å². The summed E-state index contributed by atoms with van der Waals surface area (Å²) < 4.78 is 10.1. The summed E-state index contributed by atoms with van der Waals surface area (Å²) in [4.78, 5) is 65.7. The molecule has 1 aromatic rings. The maximum atomic E-state index is 13.0. The molecule has 184 valence electrons. The van der Waals surface area contributed by atoms with Gasteiger partial charge in [-0.1, -0.05) is 6.07 Å². The van der Waals surface area contributed by atoms with Crippen molar-refractivity contribution in [2.45, 2.75) is 38.4 Å². The third kappa shape index (κ3) is 5.90. The molecule has 0 saturated carbocycles. The Bertz CT molecular complexity index is 959.